The first-order chi connectivity index (χ1) is 9.67. The summed E-state index contributed by atoms with van der Waals surface area (Å²) in [5.41, 5.74) is 2.26. The SMILES string of the molecule is CC(c1ccccn1)N1C2CCC23C1C1CCC3(C)N1. The van der Waals surface area contributed by atoms with Crippen LogP contribution in [0.4, 0.5) is 0 Å². The average Bonchev–Trinajstić information content (AvgIpc) is 2.94. The fourth-order valence-electron chi connectivity index (χ4n) is 6.15. The van der Waals surface area contributed by atoms with E-state index in [1.165, 1.54) is 31.4 Å². The molecule has 0 amide bonds. The van der Waals surface area contributed by atoms with E-state index in [0.29, 0.717) is 17.0 Å². The molecule has 0 radical (unpaired) electrons. The van der Waals surface area contributed by atoms with E-state index in [2.05, 4.69) is 41.2 Å². The highest BCUT2D eigenvalue weighted by Crippen LogP contribution is 2.72. The largest absolute Gasteiger partial charge is 0.307 e. The Morgan fingerprint density at radius 1 is 1.35 bits per heavy atom. The van der Waals surface area contributed by atoms with Crippen molar-refractivity contribution in [2.45, 2.75) is 69.2 Å². The number of nitrogens with zero attached hydrogens (tertiary/aromatic N) is 2. The number of hydrogen-bond donors (Lipinski definition) is 1. The lowest BCUT2D eigenvalue weighted by molar-refractivity contribution is -0.242. The average molecular weight is 269 g/mol. The second-order valence-electron chi connectivity index (χ2n) is 7.54. The highest BCUT2D eigenvalue weighted by Gasteiger charge is 2.80. The molecule has 3 heteroatoms. The second kappa shape index (κ2) is 3.45. The van der Waals surface area contributed by atoms with Crippen LogP contribution in [0.1, 0.15) is 51.3 Å². The summed E-state index contributed by atoms with van der Waals surface area (Å²) in [5.74, 6) is 0. The topological polar surface area (TPSA) is 28.2 Å². The smallest absolute Gasteiger partial charge is 0.0572 e. The Bertz CT molecular complexity index is 559. The van der Waals surface area contributed by atoms with Gasteiger partial charge in [-0.25, -0.2) is 0 Å². The van der Waals surface area contributed by atoms with Crippen LogP contribution < -0.4 is 5.32 Å². The molecule has 3 nitrogen and oxygen atoms in total. The zero-order valence-electron chi connectivity index (χ0n) is 12.3. The van der Waals surface area contributed by atoms with Crippen LogP contribution in [-0.2, 0) is 0 Å². The molecule has 1 aliphatic carbocycles. The molecule has 3 aliphatic heterocycles. The van der Waals surface area contributed by atoms with E-state index in [0.717, 1.165) is 18.1 Å². The van der Waals surface area contributed by atoms with Crippen molar-refractivity contribution in [1.82, 2.24) is 15.2 Å². The summed E-state index contributed by atoms with van der Waals surface area (Å²) in [6.45, 7) is 4.83. The van der Waals surface area contributed by atoms with Crippen LogP contribution in [0.3, 0.4) is 0 Å². The van der Waals surface area contributed by atoms with Crippen molar-refractivity contribution in [1.29, 1.82) is 0 Å². The van der Waals surface area contributed by atoms with Gasteiger partial charge in [0.1, 0.15) is 0 Å². The molecule has 4 fully saturated rings. The Kier molecular flexibility index (Phi) is 2.02. The third-order valence-electron chi connectivity index (χ3n) is 7.07. The van der Waals surface area contributed by atoms with Crippen molar-refractivity contribution in [3.8, 4) is 0 Å². The number of piperidine rings is 1. The van der Waals surface area contributed by atoms with Gasteiger partial charge >= 0.3 is 0 Å². The second-order valence-corrected chi connectivity index (χ2v) is 7.54. The van der Waals surface area contributed by atoms with Gasteiger partial charge in [-0.15, -0.1) is 0 Å². The minimum atomic E-state index is 0.422. The predicted molar refractivity (Wildman–Crippen MR) is 78.3 cm³/mol. The predicted octanol–water partition coefficient (Wildman–Crippen LogP) is 2.50. The first-order valence-corrected chi connectivity index (χ1v) is 8.13. The molecule has 1 spiro atoms. The quantitative estimate of drug-likeness (QED) is 0.894. The first-order valence-electron chi connectivity index (χ1n) is 8.13. The monoisotopic (exact) mass is 269 g/mol. The third-order valence-corrected chi connectivity index (χ3v) is 7.07. The lowest BCUT2D eigenvalue weighted by atomic mass is 9.43. The van der Waals surface area contributed by atoms with Crippen LogP contribution in [0.2, 0.25) is 0 Å². The molecular formula is C17H23N3. The van der Waals surface area contributed by atoms with Crippen molar-refractivity contribution < 1.29 is 0 Å². The van der Waals surface area contributed by atoms with Crippen molar-refractivity contribution in [3.63, 3.8) is 0 Å². The van der Waals surface area contributed by atoms with E-state index in [4.69, 9.17) is 0 Å². The lowest BCUT2D eigenvalue weighted by Gasteiger charge is -2.75. The van der Waals surface area contributed by atoms with Gasteiger partial charge in [0.2, 0.25) is 0 Å². The van der Waals surface area contributed by atoms with Gasteiger partial charge in [-0.2, -0.15) is 0 Å². The summed E-state index contributed by atoms with van der Waals surface area (Å²) in [6.07, 6.45) is 7.50. The molecule has 0 aromatic carbocycles. The molecule has 3 saturated heterocycles. The summed E-state index contributed by atoms with van der Waals surface area (Å²) in [4.78, 5) is 7.38. The van der Waals surface area contributed by atoms with Gasteiger partial charge in [0, 0.05) is 41.3 Å². The molecule has 1 aromatic heterocycles. The van der Waals surface area contributed by atoms with E-state index >= 15 is 0 Å². The van der Waals surface area contributed by atoms with Crippen molar-refractivity contribution in [3.05, 3.63) is 30.1 Å². The number of aromatic nitrogens is 1. The van der Waals surface area contributed by atoms with E-state index in [9.17, 15) is 0 Å². The number of fused-ring (bicyclic) bond motifs is 3. The van der Waals surface area contributed by atoms with Crippen molar-refractivity contribution in [2.75, 3.05) is 0 Å². The van der Waals surface area contributed by atoms with Crippen molar-refractivity contribution >= 4 is 0 Å². The van der Waals surface area contributed by atoms with Crippen LogP contribution in [0.15, 0.2) is 24.4 Å². The molecule has 1 aromatic rings. The Balaban J connectivity index is 1.51. The lowest BCUT2D eigenvalue weighted by Crippen LogP contribution is -2.82. The Hall–Kier alpha value is -0.930. The molecule has 20 heavy (non-hydrogen) atoms. The summed E-state index contributed by atoms with van der Waals surface area (Å²) in [7, 11) is 0. The van der Waals surface area contributed by atoms with Gasteiger partial charge in [-0.3, -0.25) is 9.88 Å². The van der Waals surface area contributed by atoms with E-state index in [1.54, 1.807) is 0 Å². The summed E-state index contributed by atoms with van der Waals surface area (Å²) in [5, 5.41) is 3.96. The summed E-state index contributed by atoms with van der Waals surface area (Å²) >= 11 is 0. The maximum absolute atomic E-state index is 4.59. The van der Waals surface area contributed by atoms with Gasteiger partial charge in [0.15, 0.2) is 0 Å². The minimum absolute atomic E-state index is 0.422. The molecule has 5 rings (SSSR count). The number of rotatable bonds is 2. The maximum atomic E-state index is 4.59. The molecule has 4 heterocycles. The first kappa shape index (κ1) is 11.7. The Labute approximate surface area is 120 Å². The van der Waals surface area contributed by atoms with Gasteiger partial charge in [0.25, 0.3) is 0 Å². The highest BCUT2D eigenvalue weighted by atomic mass is 15.4. The third kappa shape index (κ3) is 1.04. The Morgan fingerprint density at radius 2 is 2.25 bits per heavy atom. The van der Waals surface area contributed by atoms with Crippen LogP contribution in [0.25, 0.3) is 0 Å². The zero-order valence-corrected chi connectivity index (χ0v) is 12.3. The molecule has 1 saturated carbocycles. The van der Waals surface area contributed by atoms with Gasteiger partial charge in [-0.05, 0) is 51.7 Å². The van der Waals surface area contributed by atoms with Gasteiger partial charge in [0.05, 0.1) is 5.69 Å². The molecule has 106 valence electrons. The normalized spacial score (nSPS) is 50.0. The molecule has 4 aliphatic rings. The van der Waals surface area contributed by atoms with Crippen molar-refractivity contribution in [2.24, 2.45) is 5.41 Å². The van der Waals surface area contributed by atoms with Crippen LogP contribution >= 0.6 is 0 Å². The maximum Gasteiger partial charge on any atom is 0.0572 e. The number of nitrogens with one attached hydrogen (secondary N) is 1. The Morgan fingerprint density at radius 3 is 2.95 bits per heavy atom. The highest BCUT2D eigenvalue weighted by molar-refractivity contribution is 5.37. The standard InChI is InChI=1S/C17H23N3/c1-11(12-5-3-4-10-18-12)20-14-7-9-17(14)15(20)13-6-8-16(17,2)19-13/h3-5,10-11,13-15,19H,6-9H2,1-2H3. The van der Waals surface area contributed by atoms with E-state index < -0.39 is 0 Å². The van der Waals surface area contributed by atoms with Crippen LogP contribution in [-0.4, -0.2) is 33.5 Å². The van der Waals surface area contributed by atoms with Gasteiger partial charge < -0.3 is 5.32 Å². The fraction of sp³-hybridized carbons (Fsp3) is 0.706. The summed E-state index contributed by atoms with van der Waals surface area (Å²) < 4.78 is 0. The molecular weight excluding hydrogens is 246 g/mol. The number of likely N-dealkylation sites (tertiary alicyclic amines) is 1. The molecule has 6 atom stereocenters. The number of pyridine rings is 1. The zero-order chi connectivity index (χ0) is 13.5. The molecule has 1 N–H and O–H groups in total. The van der Waals surface area contributed by atoms with E-state index in [1.807, 2.05) is 12.3 Å². The molecule has 2 bridgehead atoms. The van der Waals surface area contributed by atoms with Crippen LogP contribution in [0.5, 0.6) is 0 Å². The fourth-order valence-corrected chi connectivity index (χ4v) is 6.15. The minimum Gasteiger partial charge on any atom is -0.307 e. The van der Waals surface area contributed by atoms with Crippen LogP contribution in [0, 0.1) is 5.41 Å². The van der Waals surface area contributed by atoms with E-state index in [-0.39, 0.29) is 0 Å². The molecule has 6 unspecified atom stereocenters. The number of hydrogen-bond acceptors (Lipinski definition) is 3. The summed E-state index contributed by atoms with van der Waals surface area (Å²) in [6, 6.07) is 9.06. The van der Waals surface area contributed by atoms with Gasteiger partial charge in [-0.1, -0.05) is 6.07 Å².